The zero-order valence-electron chi connectivity index (χ0n) is 24.4. The smallest absolute Gasteiger partial charge is 0.251 e. The van der Waals surface area contributed by atoms with Gasteiger partial charge in [-0.2, -0.15) is 0 Å². The Kier molecular flexibility index (Phi) is 12.0. The van der Waals surface area contributed by atoms with Crippen molar-refractivity contribution < 1.29 is 23.8 Å². The van der Waals surface area contributed by atoms with Crippen molar-refractivity contribution in [2.75, 3.05) is 56.4 Å². The maximum absolute atomic E-state index is 13.1. The van der Waals surface area contributed by atoms with E-state index in [-0.39, 0.29) is 5.91 Å². The lowest BCUT2D eigenvalue weighted by Crippen LogP contribution is -2.28. The van der Waals surface area contributed by atoms with Gasteiger partial charge >= 0.3 is 0 Å². The third-order valence-corrected chi connectivity index (χ3v) is 7.84. The summed E-state index contributed by atoms with van der Waals surface area (Å²) >= 11 is 2.41. The first-order valence-electron chi connectivity index (χ1n) is 14.3. The Morgan fingerprint density at radius 1 is 0.905 bits per heavy atom. The van der Waals surface area contributed by atoms with E-state index in [2.05, 4.69) is 34.5 Å². The molecule has 0 aromatic heterocycles. The number of aldehydes is 1. The number of fused-ring (bicyclic) bond motifs is 2. The average Bonchev–Trinajstić information content (AvgIpc) is 2.99. The Balaban J connectivity index is 1.46. The van der Waals surface area contributed by atoms with E-state index in [1.54, 1.807) is 18.2 Å². The van der Waals surface area contributed by atoms with Crippen molar-refractivity contribution in [3.63, 3.8) is 0 Å². The van der Waals surface area contributed by atoms with Crippen molar-refractivity contribution in [1.82, 2.24) is 5.32 Å². The van der Waals surface area contributed by atoms with Crippen molar-refractivity contribution in [1.29, 1.82) is 0 Å². The van der Waals surface area contributed by atoms with Crippen molar-refractivity contribution >= 4 is 52.6 Å². The molecule has 0 spiro atoms. The fraction of sp³-hybridized carbons (Fsp3) is 0.353. The predicted octanol–water partition coefficient (Wildman–Crippen LogP) is 5.09. The van der Waals surface area contributed by atoms with Crippen LogP contribution in [0, 0.1) is 0 Å². The Bertz CT molecular complexity index is 1500. The van der Waals surface area contributed by atoms with E-state index >= 15 is 0 Å². The highest BCUT2D eigenvalue weighted by atomic mass is 127. The normalized spacial score (nSPS) is 11.8. The van der Waals surface area contributed by atoms with Gasteiger partial charge in [-0.3, -0.25) is 9.59 Å². The molecular weight excluding hydrogens is 643 g/mol. The maximum Gasteiger partial charge on any atom is 0.251 e. The van der Waals surface area contributed by atoms with Gasteiger partial charge in [0.2, 0.25) is 0 Å². The number of halogens is 1. The lowest BCUT2D eigenvalue weighted by atomic mass is 9.88. The topological polar surface area (TPSA) is 77.1 Å². The van der Waals surface area contributed by atoms with Gasteiger partial charge in [0.25, 0.3) is 5.91 Å². The van der Waals surface area contributed by atoms with E-state index in [0.717, 1.165) is 46.6 Å². The summed E-state index contributed by atoms with van der Waals surface area (Å²) in [5, 5.41) is 4.58. The van der Waals surface area contributed by atoms with Crippen LogP contribution in [0.2, 0.25) is 0 Å². The summed E-state index contributed by atoms with van der Waals surface area (Å²) in [5.74, 6) is 1.10. The highest BCUT2D eigenvalue weighted by Gasteiger charge is 2.23. The number of carbonyl (C=O) groups excluding carboxylic acids is 2. The number of alkyl halides is 1. The van der Waals surface area contributed by atoms with Crippen LogP contribution >= 0.6 is 22.6 Å². The summed E-state index contributed by atoms with van der Waals surface area (Å²) in [6, 6.07) is 16.9. The zero-order valence-corrected chi connectivity index (χ0v) is 26.6. The van der Waals surface area contributed by atoms with Gasteiger partial charge in [-0.25, -0.2) is 0 Å². The molecule has 1 amide bonds. The van der Waals surface area contributed by atoms with E-state index in [1.165, 1.54) is 23.7 Å². The van der Waals surface area contributed by atoms with Crippen LogP contribution < -0.4 is 25.4 Å². The zero-order chi connectivity index (χ0) is 29.9. The number of unbranched alkanes of at least 4 members (excludes halogenated alkanes) is 3. The highest BCUT2D eigenvalue weighted by molar-refractivity contribution is 14.1. The molecule has 0 saturated heterocycles. The van der Waals surface area contributed by atoms with E-state index in [1.807, 2.05) is 55.4 Å². The fourth-order valence-corrected chi connectivity index (χ4v) is 5.36. The van der Waals surface area contributed by atoms with E-state index < -0.39 is 0 Å². The minimum absolute atomic E-state index is 0.232. The van der Waals surface area contributed by atoms with Crippen LogP contribution in [0.1, 0.15) is 57.5 Å². The van der Waals surface area contributed by atoms with Gasteiger partial charge in [0.05, 0.1) is 19.8 Å². The summed E-state index contributed by atoms with van der Waals surface area (Å²) in [4.78, 5) is 27.3. The van der Waals surface area contributed by atoms with Crippen molar-refractivity contribution in [2.45, 2.75) is 25.7 Å². The standard InChI is InChI=1S/C34H39IN2O5/c1-24-8-12-28-31(20-24)42-32-22-27(37(2)3)11-13-29(32)33(28)30-21-25(9-10-26(30)23-38)34(39)36-15-17-41-19-18-40-16-7-5-4-6-14-35/h8-13,20-23H,1,4-7,14-19H2,2-3H3,(H,36,39). The van der Waals surface area contributed by atoms with Gasteiger partial charge in [0, 0.05) is 66.5 Å². The van der Waals surface area contributed by atoms with Gasteiger partial charge in [-0.1, -0.05) is 60.2 Å². The van der Waals surface area contributed by atoms with Crippen molar-refractivity contribution in [3.05, 3.63) is 87.3 Å². The molecule has 0 fully saturated rings. The second-order valence-electron chi connectivity index (χ2n) is 10.4. The first-order chi connectivity index (χ1) is 20.4. The van der Waals surface area contributed by atoms with E-state index in [4.69, 9.17) is 14.2 Å². The molecule has 3 aromatic carbocycles. The lowest BCUT2D eigenvalue weighted by Gasteiger charge is -2.24. The number of nitrogens with one attached hydrogen (secondary N) is 1. The van der Waals surface area contributed by atoms with Crippen molar-refractivity contribution in [2.24, 2.45) is 0 Å². The molecule has 1 N–H and O–H groups in total. The van der Waals surface area contributed by atoms with Crippen LogP contribution in [0.4, 0.5) is 5.69 Å². The summed E-state index contributed by atoms with van der Waals surface area (Å²) in [6.45, 7) is 6.61. The number of hydrogen-bond acceptors (Lipinski definition) is 6. The number of nitrogens with zero attached hydrogens (tertiary/aromatic N) is 1. The van der Waals surface area contributed by atoms with Crippen LogP contribution in [0.15, 0.2) is 54.6 Å². The molecule has 0 radical (unpaired) electrons. The van der Waals surface area contributed by atoms with Gasteiger partial charge in [-0.05, 0) is 58.4 Å². The molecule has 8 heteroatoms. The average molecular weight is 683 g/mol. The van der Waals surface area contributed by atoms with Crippen LogP contribution in [0.5, 0.6) is 11.5 Å². The Morgan fingerprint density at radius 2 is 1.69 bits per heavy atom. The first kappa shape index (κ1) is 31.7. The molecule has 1 aliphatic heterocycles. The van der Waals surface area contributed by atoms with E-state index in [0.29, 0.717) is 54.6 Å². The number of carbonyl (C=O) groups is 2. The van der Waals surface area contributed by atoms with Crippen LogP contribution in [-0.2, 0) is 9.47 Å². The molecule has 7 nitrogen and oxygen atoms in total. The predicted molar refractivity (Wildman–Crippen MR) is 177 cm³/mol. The van der Waals surface area contributed by atoms with Crippen molar-refractivity contribution in [3.8, 4) is 11.5 Å². The first-order valence-corrected chi connectivity index (χ1v) is 15.9. The second-order valence-corrected chi connectivity index (χ2v) is 11.5. The molecule has 222 valence electrons. The molecule has 4 rings (SSSR count). The van der Waals surface area contributed by atoms with Crippen LogP contribution in [0.25, 0.3) is 12.2 Å². The fourth-order valence-electron chi connectivity index (χ4n) is 4.82. The molecule has 3 aromatic rings. The Labute approximate surface area is 261 Å². The quantitative estimate of drug-likeness (QED) is 0.0769. The molecular formula is C34H39IN2O5. The molecule has 0 bridgehead atoms. The second kappa shape index (κ2) is 15.9. The number of ether oxygens (including phenoxy) is 3. The SMILES string of the molecule is C=c1ccc2c(c1)Oc1cc(N(C)C)ccc1C=2c1cc(C(=O)NCCOCCOCCCCCCI)ccc1C=O. The minimum Gasteiger partial charge on any atom is -0.456 e. The number of hydrogen-bond donors (Lipinski definition) is 1. The molecule has 1 heterocycles. The Morgan fingerprint density at radius 3 is 2.45 bits per heavy atom. The van der Waals surface area contributed by atoms with Gasteiger partial charge in [0.15, 0.2) is 6.29 Å². The largest absolute Gasteiger partial charge is 0.456 e. The summed E-state index contributed by atoms with van der Waals surface area (Å²) in [5.41, 5.74) is 4.29. The third kappa shape index (κ3) is 8.20. The third-order valence-electron chi connectivity index (χ3n) is 7.07. The van der Waals surface area contributed by atoms with Crippen LogP contribution in [0.3, 0.4) is 0 Å². The molecule has 0 aliphatic carbocycles. The van der Waals surface area contributed by atoms with Gasteiger partial charge < -0.3 is 24.4 Å². The number of amides is 1. The molecule has 42 heavy (non-hydrogen) atoms. The summed E-state index contributed by atoms with van der Waals surface area (Å²) in [7, 11) is 3.94. The molecule has 0 saturated carbocycles. The van der Waals surface area contributed by atoms with Gasteiger partial charge in [-0.15, -0.1) is 0 Å². The number of anilines is 1. The molecule has 0 unspecified atom stereocenters. The lowest BCUT2D eigenvalue weighted by molar-refractivity contribution is 0.0468. The van der Waals surface area contributed by atoms with Crippen LogP contribution in [-0.4, -0.2) is 63.7 Å². The van der Waals surface area contributed by atoms with E-state index in [9.17, 15) is 9.59 Å². The minimum atomic E-state index is -0.232. The van der Waals surface area contributed by atoms with Gasteiger partial charge in [0.1, 0.15) is 11.5 Å². The maximum atomic E-state index is 13.1. The number of benzene rings is 3. The Hall–Kier alpha value is -3.21. The molecule has 0 atom stereocenters. The molecule has 1 aliphatic rings. The monoisotopic (exact) mass is 682 g/mol. The highest BCUT2D eigenvalue weighted by Crippen LogP contribution is 2.39. The number of rotatable bonds is 16. The summed E-state index contributed by atoms with van der Waals surface area (Å²) in [6.07, 6.45) is 5.62. The summed E-state index contributed by atoms with van der Waals surface area (Å²) < 4.78 is 18.8.